The van der Waals surface area contributed by atoms with Gasteiger partial charge in [-0.15, -0.1) is 0 Å². The molecule has 2 aromatic rings. The Kier molecular flexibility index (Phi) is 5.11. The van der Waals surface area contributed by atoms with Crippen molar-refractivity contribution in [3.05, 3.63) is 53.6 Å². The molecule has 0 aliphatic carbocycles. The first-order valence-corrected chi connectivity index (χ1v) is 6.48. The summed E-state index contributed by atoms with van der Waals surface area (Å²) in [5, 5.41) is 17.7. The van der Waals surface area contributed by atoms with Gasteiger partial charge in [0.05, 0.1) is 12.2 Å². The van der Waals surface area contributed by atoms with Gasteiger partial charge in [-0.25, -0.2) is 4.79 Å². The maximum absolute atomic E-state index is 10.9. The predicted molar refractivity (Wildman–Crippen MR) is 77.9 cm³/mol. The average Bonchev–Trinajstić information content (AvgIpc) is 2.54. The molecule has 0 bridgehead atoms. The molecule has 0 fully saturated rings. The monoisotopic (exact) mass is 302 g/mol. The third-order valence-electron chi connectivity index (χ3n) is 2.78. The lowest BCUT2D eigenvalue weighted by Gasteiger charge is -2.12. The second kappa shape index (κ2) is 7.24. The smallest absolute Gasteiger partial charge is 0.335 e. The van der Waals surface area contributed by atoms with Gasteiger partial charge in [0.15, 0.2) is 11.5 Å². The van der Waals surface area contributed by atoms with Crippen molar-refractivity contribution in [2.24, 2.45) is 0 Å². The minimum atomic E-state index is -1.03. The average molecular weight is 302 g/mol. The molecule has 0 atom stereocenters. The van der Waals surface area contributed by atoms with Crippen LogP contribution in [-0.2, 0) is 0 Å². The van der Waals surface area contributed by atoms with Crippen molar-refractivity contribution in [2.45, 2.75) is 0 Å². The molecule has 0 saturated carbocycles. The van der Waals surface area contributed by atoms with Crippen LogP contribution in [0.15, 0.2) is 42.5 Å². The van der Waals surface area contributed by atoms with Crippen LogP contribution < -0.4 is 9.47 Å². The van der Waals surface area contributed by atoms with Gasteiger partial charge in [0.2, 0.25) is 0 Å². The van der Waals surface area contributed by atoms with Crippen molar-refractivity contribution in [1.29, 1.82) is 0 Å². The molecule has 2 aromatic carbocycles. The van der Waals surface area contributed by atoms with Crippen LogP contribution >= 0.6 is 0 Å². The molecule has 0 aliphatic rings. The minimum absolute atomic E-state index is 0.0920. The van der Waals surface area contributed by atoms with Crippen LogP contribution in [0.4, 0.5) is 0 Å². The summed E-state index contributed by atoms with van der Waals surface area (Å²) < 4.78 is 11.0. The Morgan fingerprint density at radius 2 is 1.82 bits per heavy atom. The van der Waals surface area contributed by atoms with Gasteiger partial charge < -0.3 is 19.7 Å². The van der Waals surface area contributed by atoms with E-state index < -0.39 is 5.97 Å². The Hall–Kier alpha value is -2.86. The molecular weight excluding hydrogens is 288 g/mol. The number of carbonyl (C=O) groups excluding carboxylic acids is 1. The van der Waals surface area contributed by atoms with Crippen molar-refractivity contribution < 1.29 is 29.3 Å². The number of carboxylic acid groups (broad SMARTS) is 1. The van der Waals surface area contributed by atoms with Gasteiger partial charge in [-0.3, -0.25) is 4.79 Å². The number of carboxylic acids is 1. The largest absolute Gasteiger partial charge is 0.487 e. The molecule has 0 aliphatic heterocycles. The maximum atomic E-state index is 10.9. The van der Waals surface area contributed by atoms with E-state index in [1.807, 2.05) is 0 Å². The van der Waals surface area contributed by atoms with Crippen LogP contribution in [-0.4, -0.2) is 35.7 Å². The number of hydrogen-bond donors (Lipinski definition) is 2. The second-order valence-electron chi connectivity index (χ2n) is 4.33. The number of aliphatic hydroxyl groups is 1. The molecule has 0 aromatic heterocycles. The summed E-state index contributed by atoms with van der Waals surface area (Å²) in [5.41, 5.74) is 0.555. The highest BCUT2D eigenvalue weighted by Gasteiger charge is 2.09. The predicted octanol–water partition coefficient (Wildman–Crippen LogP) is 2.36. The molecule has 2 N–H and O–H groups in total. The Balaban J connectivity index is 2.25. The molecule has 0 saturated heterocycles. The van der Waals surface area contributed by atoms with E-state index in [9.17, 15) is 9.59 Å². The van der Waals surface area contributed by atoms with Crippen LogP contribution in [0.3, 0.4) is 0 Å². The van der Waals surface area contributed by atoms with E-state index in [1.165, 1.54) is 30.3 Å². The summed E-state index contributed by atoms with van der Waals surface area (Å²) in [4.78, 5) is 21.7. The lowest BCUT2D eigenvalue weighted by atomic mass is 10.2. The molecule has 6 nitrogen and oxygen atoms in total. The van der Waals surface area contributed by atoms with E-state index >= 15 is 0 Å². The Morgan fingerprint density at radius 3 is 2.41 bits per heavy atom. The minimum Gasteiger partial charge on any atom is -0.487 e. The van der Waals surface area contributed by atoms with Crippen LogP contribution in [0.25, 0.3) is 0 Å². The summed E-state index contributed by atoms with van der Waals surface area (Å²) in [6.07, 6.45) is 0.677. The third kappa shape index (κ3) is 3.83. The van der Waals surface area contributed by atoms with Crippen LogP contribution in [0, 0.1) is 0 Å². The number of ether oxygens (including phenoxy) is 2. The van der Waals surface area contributed by atoms with Crippen molar-refractivity contribution >= 4 is 12.3 Å². The van der Waals surface area contributed by atoms with Crippen LogP contribution in [0.5, 0.6) is 17.2 Å². The second-order valence-corrected chi connectivity index (χ2v) is 4.33. The molecule has 0 radical (unpaired) electrons. The lowest BCUT2D eigenvalue weighted by Crippen LogP contribution is -2.03. The van der Waals surface area contributed by atoms with Gasteiger partial charge in [-0.2, -0.15) is 0 Å². The van der Waals surface area contributed by atoms with E-state index in [0.29, 0.717) is 29.1 Å². The Bertz CT molecular complexity index is 663. The quantitative estimate of drug-likeness (QED) is 0.763. The van der Waals surface area contributed by atoms with Gasteiger partial charge >= 0.3 is 5.97 Å². The van der Waals surface area contributed by atoms with Gasteiger partial charge in [0.25, 0.3) is 0 Å². The van der Waals surface area contributed by atoms with Crippen LogP contribution in [0.1, 0.15) is 20.7 Å². The van der Waals surface area contributed by atoms with Gasteiger partial charge in [0, 0.05) is 5.56 Å². The first-order chi connectivity index (χ1) is 10.6. The highest BCUT2D eigenvalue weighted by molar-refractivity contribution is 5.87. The van der Waals surface area contributed by atoms with E-state index in [0.717, 1.165) is 0 Å². The highest BCUT2D eigenvalue weighted by atomic mass is 16.5. The maximum Gasteiger partial charge on any atom is 0.335 e. The van der Waals surface area contributed by atoms with Crippen LogP contribution in [0.2, 0.25) is 0 Å². The first kappa shape index (κ1) is 15.5. The van der Waals surface area contributed by atoms with E-state index in [4.69, 9.17) is 19.7 Å². The zero-order chi connectivity index (χ0) is 15.9. The Labute approximate surface area is 126 Å². The zero-order valence-corrected chi connectivity index (χ0v) is 11.6. The fourth-order valence-electron chi connectivity index (χ4n) is 1.75. The molecule has 114 valence electrons. The molecule has 0 amide bonds. The number of aldehydes is 1. The summed E-state index contributed by atoms with van der Waals surface area (Å²) in [7, 11) is 0. The molecule has 2 rings (SSSR count). The van der Waals surface area contributed by atoms with Gasteiger partial charge in [-0.1, -0.05) is 0 Å². The first-order valence-electron chi connectivity index (χ1n) is 6.48. The van der Waals surface area contributed by atoms with Gasteiger partial charge in [-0.05, 0) is 42.5 Å². The Morgan fingerprint density at radius 1 is 1.09 bits per heavy atom. The third-order valence-corrected chi connectivity index (χ3v) is 2.78. The fourth-order valence-corrected chi connectivity index (χ4v) is 1.75. The topological polar surface area (TPSA) is 93.1 Å². The molecule has 0 heterocycles. The van der Waals surface area contributed by atoms with Gasteiger partial charge in [0.1, 0.15) is 18.6 Å². The standard InChI is InChI=1S/C16H14O6/c17-7-8-21-14-6-1-11(10-18)9-15(14)22-13-4-2-12(3-5-13)16(19)20/h1-6,9-10,17H,7-8H2,(H,19,20). The molecule has 6 heteroatoms. The lowest BCUT2D eigenvalue weighted by molar-refractivity contribution is 0.0696. The van der Waals surface area contributed by atoms with Crippen molar-refractivity contribution in [3.8, 4) is 17.2 Å². The number of aromatic carboxylic acids is 1. The summed E-state index contributed by atoms with van der Waals surface area (Å²) in [6, 6.07) is 10.5. The number of rotatable bonds is 7. The fraction of sp³-hybridized carbons (Fsp3) is 0.125. The summed E-state index contributed by atoms with van der Waals surface area (Å²) in [6.45, 7) is -0.0586. The molecule has 0 unspecified atom stereocenters. The normalized spacial score (nSPS) is 10.0. The van der Waals surface area contributed by atoms with Crippen molar-refractivity contribution in [3.63, 3.8) is 0 Å². The van der Waals surface area contributed by atoms with Crippen molar-refractivity contribution in [2.75, 3.05) is 13.2 Å². The number of hydrogen-bond acceptors (Lipinski definition) is 5. The number of aliphatic hydroxyl groups excluding tert-OH is 1. The molecule has 0 spiro atoms. The van der Waals surface area contributed by atoms with Crippen molar-refractivity contribution in [1.82, 2.24) is 0 Å². The molecule has 22 heavy (non-hydrogen) atoms. The number of benzene rings is 2. The van der Waals surface area contributed by atoms with E-state index in [1.54, 1.807) is 12.1 Å². The summed E-state index contributed by atoms with van der Waals surface area (Å²) >= 11 is 0. The van der Waals surface area contributed by atoms with E-state index in [2.05, 4.69) is 0 Å². The molecular formula is C16H14O6. The highest BCUT2D eigenvalue weighted by Crippen LogP contribution is 2.32. The SMILES string of the molecule is O=Cc1ccc(OCCO)c(Oc2ccc(C(=O)O)cc2)c1. The number of carbonyl (C=O) groups is 2. The summed E-state index contributed by atoms with van der Waals surface area (Å²) in [5.74, 6) is 0.0615. The zero-order valence-electron chi connectivity index (χ0n) is 11.6. The van der Waals surface area contributed by atoms with E-state index in [-0.39, 0.29) is 18.8 Å².